The molecular weight excluding hydrogens is 94.0 g/mol. The summed E-state index contributed by atoms with van der Waals surface area (Å²) in [7, 11) is 0. The molecule has 1 heterocycles. The number of hydrogen-bond acceptors (Lipinski definition) is 3. The second-order valence-corrected chi connectivity index (χ2v) is 1.44. The van der Waals surface area contributed by atoms with Gasteiger partial charge in [-0.15, -0.1) is 0 Å². The SMILES string of the molecule is CC1OCNCO1. The zero-order valence-electron chi connectivity index (χ0n) is 4.31. The Labute approximate surface area is 42.6 Å². The van der Waals surface area contributed by atoms with Gasteiger partial charge < -0.3 is 9.47 Å². The molecule has 0 aromatic rings. The Morgan fingerprint density at radius 3 is 2.29 bits per heavy atom. The summed E-state index contributed by atoms with van der Waals surface area (Å²) >= 11 is 0. The van der Waals surface area contributed by atoms with Crippen molar-refractivity contribution >= 4 is 0 Å². The van der Waals surface area contributed by atoms with Gasteiger partial charge in [0.2, 0.25) is 0 Å². The van der Waals surface area contributed by atoms with Crippen molar-refractivity contribution in [1.82, 2.24) is 5.32 Å². The van der Waals surface area contributed by atoms with E-state index in [1.807, 2.05) is 6.92 Å². The van der Waals surface area contributed by atoms with Crippen molar-refractivity contribution in [1.29, 1.82) is 0 Å². The van der Waals surface area contributed by atoms with Crippen molar-refractivity contribution in [2.24, 2.45) is 0 Å². The molecule has 0 spiro atoms. The smallest absolute Gasteiger partial charge is 0.158 e. The van der Waals surface area contributed by atoms with Crippen LogP contribution in [0.3, 0.4) is 0 Å². The van der Waals surface area contributed by atoms with Crippen LogP contribution in [0, 0.1) is 0 Å². The van der Waals surface area contributed by atoms with Crippen LogP contribution >= 0.6 is 0 Å². The van der Waals surface area contributed by atoms with Crippen LogP contribution in [-0.2, 0) is 9.47 Å². The van der Waals surface area contributed by atoms with Crippen molar-refractivity contribution in [3.63, 3.8) is 0 Å². The van der Waals surface area contributed by atoms with E-state index in [0.29, 0.717) is 13.5 Å². The maximum absolute atomic E-state index is 4.94. The fourth-order valence-electron chi connectivity index (χ4n) is 0.442. The van der Waals surface area contributed by atoms with E-state index in [2.05, 4.69) is 5.32 Å². The van der Waals surface area contributed by atoms with Crippen LogP contribution < -0.4 is 5.32 Å². The predicted molar refractivity (Wildman–Crippen MR) is 24.5 cm³/mol. The molecule has 0 bridgehead atoms. The Morgan fingerprint density at radius 1 is 1.43 bits per heavy atom. The minimum Gasteiger partial charge on any atom is -0.338 e. The summed E-state index contributed by atoms with van der Waals surface area (Å²) in [5, 5.41) is 2.87. The molecule has 42 valence electrons. The van der Waals surface area contributed by atoms with Crippen molar-refractivity contribution < 1.29 is 9.47 Å². The first kappa shape index (κ1) is 5.03. The molecule has 0 aromatic carbocycles. The molecule has 0 atom stereocenters. The molecule has 0 radical (unpaired) electrons. The molecule has 3 heteroatoms. The molecule has 1 saturated heterocycles. The zero-order chi connectivity index (χ0) is 5.11. The molecule has 1 aliphatic rings. The maximum Gasteiger partial charge on any atom is 0.158 e. The molecule has 1 fully saturated rings. The summed E-state index contributed by atoms with van der Waals surface area (Å²) < 4.78 is 9.89. The van der Waals surface area contributed by atoms with Crippen molar-refractivity contribution in [3.05, 3.63) is 0 Å². The van der Waals surface area contributed by atoms with Gasteiger partial charge in [0.05, 0.1) is 0 Å². The highest BCUT2D eigenvalue weighted by Crippen LogP contribution is 1.93. The minimum atomic E-state index is -0.0266. The summed E-state index contributed by atoms with van der Waals surface area (Å²) in [5.41, 5.74) is 0. The first-order valence-corrected chi connectivity index (χ1v) is 2.33. The van der Waals surface area contributed by atoms with Gasteiger partial charge in [-0.3, -0.25) is 5.32 Å². The van der Waals surface area contributed by atoms with Crippen LogP contribution in [0.5, 0.6) is 0 Å². The lowest BCUT2D eigenvalue weighted by atomic mass is 10.7. The minimum absolute atomic E-state index is 0.0266. The quantitative estimate of drug-likeness (QED) is 0.463. The Hall–Kier alpha value is -0.120. The number of rotatable bonds is 0. The first-order chi connectivity index (χ1) is 3.39. The van der Waals surface area contributed by atoms with Crippen molar-refractivity contribution in [2.75, 3.05) is 13.5 Å². The molecular formula is C4H9NO2. The molecule has 0 unspecified atom stereocenters. The van der Waals surface area contributed by atoms with E-state index in [1.54, 1.807) is 0 Å². The molecule has 0 saturated carbocycles. The third kappa shape index (κ3) is 1.43. The van der Waals surface area contributed by atoms with Gasteiger partial charge in [-0.25, -0.2) is 0 Å². The van der Waals surface area contributed by atoms with Crippen LogP contribution in [0.2, 0.25) is 0 Å². The van der Waals surface area contributed by atoms with Gasteiger partial charge in [-0.2, -0.15) is 0 Å². The molecule has 0 amide bonds. The van der Waals surface area contributed by atoms with E-state index in [0.717, 1.165) is 0 Å². The average Bonchev–Trinajstić information content (AvgIpc) is 1.69. The third-order valence-electron chi connectivity index (χ3n) is 0.840. The number of ether oxygens (including phenoxy) is 2. The molecule has 7 heavy (non-hydrogen) atoms. The fraction of sp³-hybridized carbons (Fsp3) is 1.00. The van der Waals surface area contributed by atoms with Gasteiger partial charge in [0, 0.05) is 0 Å². The molecule has 0 aliphatic carbocycles. The molecule has 3 nitrogen and oxygen atoms in total. The lowest BCUT2D eigenvalue weighted by molar-refractivity contribution is -0.181. The summed E-state index contributed by atoms with van der Waals surface area (Å²) in [6.07, 6.45) is -0.0266. The van der Waals surface area contributed by atoms with Crippen LogP contribution in [0.25, 0.3) is 0 Å². The highest BCUT2D eigenvalue weighted by molar-refractivity contribution is 4.36. The van der Waals surface area contributed by atoms with Gasteiger partial charge in [0.15, 0.2) is 6.29 Å². The van der Waals surface area contributed by atoms with Gasteiger partial charge >= 0.3 is 0 Å². The standard InChI is InChI=1S/C4H9NO2/c1-4-6-2-5-3-7-4/h4-5H,2-3H2,1H3. The Morgan fingerprint density at radius 2 is 2.00 bits per heavy atom. The number of nitrogens with one attached hydrogen (secondary N) is 1. The highest BCUT2D eigenvalue weighted by atomic mass is 16.7. The maximum atomic E-state index is 4.94. The lowest BCUT2D eigenvalue weighted by Gasteiger charge is -2.19. The summed E-state index contributed by atoms with van der Waals surface area (Å²) in [6, 6.07) is 0. The number of hydrogen-bond donors (Lipinski definition) is 1. The summed E-state index contributed by atoms with van der Waals surface area (Å²) in [5.74, 6) is 0. The van der Waals surface area contributed by atoms with Gasteiger partial charge in [-0.05, 0) is 6.92 Å². The van der Waals surface area contributed by atoms with Crippen molar-refractivity contribution in [3.8, 4) is 0 Å². The monoisotopic (exact) mass is 103 g/mol. The van der Waals surface area contributed by atoms with Crippen LogP contribution in [0.4, 0.5) is 0 Å². The van der Waals surface area contributed by atoms with Crippen LogP contribution in [0.15, 0.2) is 0 Å². The topological polar surface area (TPSA) is 30.5 Å². The molecule has 0 aromatic heterocycles. The predicted octanol–water partition coefficient (Wildman–Crippen LogP) is -0.116. The van der Waals surface area contributed by atoms with E-state index >= 15 is 0 Å². The Kier molecular flexibility index (Phi) is 1.62. The molecule has 1 rings (SSSR count). The van der Waals surface area contributed by atoms with Crippen LogP contribution in [-0.4, -0.2) is 19.8 Å². The van der Waals surface area contributed by atoms with E-state index in [9.17, 15) is 0 Å². The summed E-state index contributed by atoms with van der Waals surface area (Å²) in [6.45, 7) is 3.10. The third-order valence-corrected chi connectivity index (χ3v) is 0.840. The lowest BCUT2D eigenvalue weighted by Crippen LogP contribution is -2.33. The van der Waals surface area contributed by atoms with Gasteiger partial charge in [0.1, 0.15) is 13.5 Å². The van der Waals surface area contributed by atoms with E-state index in [1.165, 1.54) is 0 Å². The first-order valence-electron chi connectivity index (χ1n) is 2.33. The average molecular weight is 103 g/mol. The van der Waals surface area contributed by atoms with Gasteiger partial charge in [0.25, 0.3) is 0 Å². The van der Waals surface area contributed by atoms with E-state index in [4.69, 9.17) is 9.47 Å². The second-order valence-electron chi connectivity index (χ2n) is 1.44. The Bertz CT molecular complexity index is 51.7. The van der Waals surface area contributed by atoms with E-state index < -0.39 is 0 Å². The van der Waals surface area contributed by atoms with Crippen molar-refractivity contribution in [2.45, 2.75) is 13.2 Å². The highest BCUT2D eigenvalue weighted by Gasteiger charge is 2.04. The van der Waals surface area contributed by atoms with E-state index in [-0.39, 0.29) is 6.29 Å². The summed E-state index contributed by atoms with van der Waals surface area (Å²) in [4.78, 5) is 0. The molecule has 1 aliphatic heterocycles. The normalized spacial score (nSPS) is 25.3. The van der Waals surface area contributed by atoms with Gasteiger partial charge in [-0.1, -0.05) is 0 Å². The molecule has 1 N–H and O–H groups in total. The zero-order valence-corrected chi connectivity index (χ0v) is 4.31. The Balaban J connectivity index is 2.12. The largest absolute Gasteiger partial charge is 0.338 e. The fourth-order valence-corrected chi connectivity index (χ4v) is 0.442. The van der Waals surface area contributed by atoms with Crippen LogP contribution in [0.1, 0.15) is 6.92 Å². The second kappa shape index (κ2) is 2.26.